The van der Waals surface area contributed by atoms with Crippen molar-refractivity contribution < 1.29 is 4.74 Å². The molecule has 0 saturated carbocycles. The number of hydrogen-bond donors (Lipinski definition) is 1. The lowest BCUT2D eigenvalue weighted by Crippen LogP contribution is -2.38. The zero-order chi connectivity index (χ0) is 18.4. The molecule has 26 heavy (non-hydrogen) atoms. The molecule has 138 valence electrons. The Hall–Kier alpha value is -2.43. The van der Waals surface area contributed by atoms with Crippen molar-refractivity contribution in [3.8, 4) is 6.07 Å². The van der Waals surface area contributed by atoms with Gasteiger partial charge in [0, 0.05) is 45.3 Å². The summed E-state index contributed by atoms with van der Waals surface area (Å²) in [7, 11) is 2.01. The van der Waals surface area contributed by atoms with E-state index in [9.17, 15) is 0 Å². The number of H-pyrrole nitrogens is 1. The fraction of sp³-hybridized carbons (Fsp3) is 0.526. The Bertz CT molecular complexity index is 735. The SMILES string of the molecule is CCc1nc([C@H]2CN(Cc3ccc(N(C)CCC#N)cc3)CCO2)n[nH]1. The number of morpholine rings is 1. The maximum absolute atomic E-state index is 8.70. The average molecular weight is 354 g/mol. The number of anilines is 1. The molecule has 1 aromatic heterocycles. The molecule has 1 fully saturated rings. The molecule has 0 amide bonds. The van der Waals surface area contributed by atoms with Crippen LogP contribution < -0.4 is 4.90 Å². The van der Waals surface area contributed by atoms with Crippen molar-refractivity contribution in [2.24, 2.45) is 0 Å². The van der Waals surface area contributed by atoms with Crippen molar-refractivity contribution in [1.29, 1.82) is 5.26 Å². The Labute approximate surface area is 154 Å². The minimum Gasteiger partial charge on any atom is -0.374 e. The summed E-state index contributed by atoms with van der Waals surface area (Å²) < 4.78 is 5.86. The molecule has 1 aromatic carbocycles. The number of nitrogens with zero attached hydrogens (tertiary/aromatic N) is 5. The highest BCUT2D eigenvalue weighted by Gasteiger charge is 2.25. The molecule has 1 atom stereocenters. The highest BCUT2D eigenvalue weighted by Crippen LogP contribution is 2.21. The van der Waals surface area contributed by atoms with E-state index in [4.69, 9.17) is 10.00 Å². The monoisotopic (exact) mass is 354 g/mol. The molecule has 1 aliphatic heterocycles. The van der Waals surface area contributed by atoms with Crippen LogP contribution in [-0.4, -0.2) is 53.4 Å². The second-order valence-corrected chi connectivity index (χ2v) is 6.58. The molecule has 0 unspecified atom stereocenters. The smallest absolute Gasteiger partial charge is 0.180 e. The van der Waals surface area contributed by atoms with Gasteiger partial charge in [0.1, 0.15) is 11.9 Å². The zero-order valence-electron chi connectivity index (χ0n) is 15.5. The molecule has 2 aromatic rings. The molecular weight excluding hydrogens is 328 g/mol. The number of ether oxygens (including phenoxy) is 1. The Balaban J connectivity index is 1.57. The first-order valence-electron chi connectivity index (χ1n) is 9.11. The van der Waals surface area contributed by atoms with Crippen LogP contribution in [0.15, 0.2) is 24.3 Å². The Morgan fingerprint density at radius 1 is 1.38 bits per heavy atom. The number of hydrogen-bond acceptors (Lipinski definition) is 6. The van der Waals surface area contributed by atoms with Crippen LogP contribution in [0.25, 0.3) is 0 Å². The lowest BCUT2D eigenvalue weighted by Gasteiger charge is -2.31. The standard InChI is InChI=1S/C19H26N6O/c1-3-18-21-19(23-22-18)17-14-25(11-12-26-17)13-15-5-7-16(8-6-15)24(2)10-4-9-20/h5-8,17H,3-4,10-14H2,1-2H3,(H,21,22,23)/t17-/m1/s1. The summed E-state index contributed by atoms with van der Waals surface area (Å²) in [5.74, 6) is 1.65. The zero-order valence-corrected chi connectivity index (χ0v) is 15.5. The molecule has 0 spiro atoms. The number of rotatable bonds is 7. The molecule has 3 rings (SSSR count). The highest BCUT2D eigenvalue weighted by atomic mass is 16.5. The van der Waals surface area contributed by atoms with E-state index in [0.29, 0.717) is 13.0 Å². The van der Waals surface area contributed by atoms with Crippen LogP contribution in [0.4, 0.5) is 5.69 Å². The summed E-state index contributed by atoms with van der Waals surface area (Å²) in [5.41, 5.74) is 2.41. The maximum Gasteiger partial charge on any atom is 0.180 e. The van der Waals surface area contributed by atoms with Gasteiger partial charge in [0.15, 0.2) is 5.82 Å². The van der Waals surface area contributed by atoms with Gasteiger partial charge < -0.3 is 9.64 Å². The number of nitrogens with one attached hydrogen (secondary N) is 1. The van der Waals surface area contributed by atoms with E-state index in [2.05, 4.69) is 62.2 Å². The average Bonchev–Trinajstić information content (AvgIpc) is 3.16. The topological polar surface area (TPSA) is 81.1 Å². The fourth-order valence-electron chi connectivity index (χ4n) is 3.08. The van der Waals surface area contributed by atoms with Crippen molar-refractivity contribution in [1.82, 2.24) is 20.1 Å². The molecule has 1 N–H and O–H groups in total. The summed E-state index contributed by atoms with van der Waals surface area (Å²) in [6.45, 7) is 6.08. The van der Waals surface area contributed by atoms with Crippen LogP contribution in [0.1, 0.15) is 36.7 Å². The maximum atomic E-state index is 8.70. The first-order valence-corrected chi connectivity index (χ1v) is 9.11. The van der Waals surface area contributed by atoms with Crippen LogP contribution in [0.5, 0.6) is 0 Å². The fourth-order valence-corrected chi connectivity index (χ4v) is 3.08. The molecule has 2 heterocycles. The largest absolute Gasteiger partial charge is 0.374 e. The van der Waals surface area contributed by atoms with Gasteiger partial charge in [-0.05, 0) is 17.7 Å². The first kappa shape index (κ1) is 18.4. The van der Waals surface area contributed by atoms with E-state index in [-0.39, 0.29) is 6.10 Å². The third kappa shape index (κ3) is 4.59. The van der Waals surface area contributed by atoms with Gasteiger partial charge >= 0.3 is 0 Å². The minimum atomic E-state index is -0.0725. The molecule has 0 radical (unpaired) electrons. The van der Waals surface area contributed by atoms with Crippen LogP contribution in [0.2, 0.25) is 0 Å². The van der Waals surface area contributed by atoms with Gasteiger partial charge in [-0.25, -0.2) is 4.98 Å². The van der Waals surface area contributed by atoms with Gasteiger partial charge in [-0.3, -0.25) is 10.00 Å². The third-order valence-corrected chi connectivity index (χ3v) is 4.66. The third-order valence-electron chi connectivity index (χ3n) is 4.66. The highest BCUT2D eigenvalue weighted by molar-refractivity contribution is 5.46. The van der Waals surface area contributed by atoms with Gasteiger partial charge in [-0.1, -0.05) is 19.1 Å². The van der Waals surface area contributed by atoms with Crippen LogP contribution >= 0.6 is 0 Å². The summed E-state index contributed by atoms with van der Waals surface area (Å²) in [6, 6.07) is 10.7. The van der Waals surface area contributed by atoms with E-state index in [1.165, 1.54) is 5.56 Å². The molecule has 0 aliphatic carbocycles. The van der Waals surface area contributed by atoms with E-state index >= 15 is 0 Å². The van der Waals surface area contributed by atoms with E-state index in [1.54, 1.807) is 0 Å². The minimum absolute atomic E-state index is 0.0725. The van der Waals surface area contributed by atoms with Crippen molar-refractivity contribution in [2.75, 3.05) is 38.2 Å². The molecule has 7 heteroatoms. The van der Waals surface area contributed by atoms with Crippen LogP contribution in [0, 0.1) is 11.3 Å². The Morgan fingerprint density at radius 3 is 2.88 bits per heavy atom. The van der Waals surface area contributed by atoms with Crippen molar-refractivity contribution in [2.45, 2.75) is 32.4 Å². The lowest BCUT2D eigenvalue weighted by molar-refractivity contribution is -0.0370. The Morgan fingerprint density at radius 2 is 2.19 bits per heavy atom. The summed E-state index contributed by atoms with van der Waals surface area (Å²) >= 11 is 0. The van der Waals surface area contributed by atoms with Crippen LogP contribution in [-0.2, 0) is 17.7 Å². The number of nitriles is 1. The van der Waals surface area contributed by atoms with E-state index in [0.717, 1.165) is 49.9 Å². The van der Waals surface area contributed by atoms with Crippen molar-refractivity contribution in [3.05, 3.63) is 41.5 Å². The second-order valence-electron chi connectivity index (χ2n) is 6.58. The van der Waals surface area contributed by atoms with Gasteiger partial charge in [0.25, 0.3) is 0 Å². The molecule has 0 bridgehead atoms. The van der Waals surface area contributed by atoms with Crippen LogP contribution in [0.3, 0.4) is 0 Å². The number of benzene rings is 1. The van der Waals surface area contributed by atoms with Gasteiger partial charge in [0.2, 0.25) is 0 Å². The number of aromatic amines is 1. The van der Waals surface area contributed by atoms with Gasteiger partial charge in [0.05, 0.1) is 19.1 Å². The normalized spacial score (nSPS) is 17.8. The Kier molecular flexibility index (Phi) is 6.21. The van der Waals surface area contributed by atoms with Crippen molar-refractivity contribution in [3.63, 3.8) is 0 Å². The number of aromatic nitrogens is 3. The quantitative estimate of drug-likeness (QED) is 0.822. The molecule has 1 aliphatic rings. The second kappa shape index (κ2) is 8.79. The van der Waals surface area contributed by atoms with E-state index in [1.807, 2.05) is 7.05 Å². The molecule has 1 saturated heterocycles. The summed E-state index contributed by atoms with van der Waals surface area (Å²) in [4.78, 5) is 8.99. The predicted molar refractivity (Wildman–Crippen MR) is 99.7 cm³/mol. The van der Waals surface area contributed by atoms with Crippen molar-refractivity contribution >= 4 is 5.69 Å². The first-order chi connectivity index (χ1) is 12.7. The summed E-state index contributed by atoms with van der Waals surface area (Å²) in [6.07, 6.45) is 1.31. The molecular formula is C19H26N6O. The molecule has 7 nitrogen and oxygen atoms in total. The summed E-state index contributed by atoms with van der Waals surface area (Å²) in [5, 5.41) is 16.0. The lowest BCUT2D eigenvalue weighted by atomic mass is 10.1. The van der Waals surface area contributed by atoms with Gasteiger partial charge in [-0.2, -0.15) is 10.4 Å². The van der Waals surface area contributed by atoms with Gasteiger partial charge in [-0.15, -0.1) is 0 Å². The van der Waals surface area contributed by atoms with E-state index < -0.39 is 0 Å². The number of aryl methyl sites for hydroxylation is 1. The predicted octanol–water partition coefficient (Wildman–Crippen LogP) is 2.29.